The Balaban J connectivity index is 1.33. The molecule has 2 amide bonds. The summed E-state index contributed by atoms with van der Waals surface area (Å²) in [5, 5.41) is 3.99. The highest BCUT2D eigenvalue weighted by atomic mass is 19.1. The third-order valence-electron chi connectivity index (χ3n) is 5.92. The second-order valence-electron chi connectivity index (χ2n) is 7.84. The molecule has 0 spiro atoms. The van der Waals surface area contributed by atoms with E-state index < -0.39 is 0 Å². The number of benzene rings is 1. The van der Waals surface area contributed by atoms with E-state index in [1.54, 1.807) is 11.0 Å². The van der Waals surface area contributed by atoms with Gasteiger partial charge < -0.3 is 15.2 Å². The maximum atomic E-state index is 13.5. The Morgan fingerprint density at radius 1 is 1.26 bits per heavy atom. The van der Waals surface area contributed by atoms with Crippen molar-refractivity contribution < 1.29 is 14.0 Å². The first-order valence-electron chi connectivity index (χ1n) is 9.94. The minimum Gasteiger partial charge on any atom is -0.361 e. The van der Waals surface area contributed by atoms with Crippen LogP contribution in [0.4, 0.5) is 4.39 Å². The zero-order chi connectivity index (χ0) is 18.8. The number of amides is 2. The number of hydrogen-bond acceptors (Lipinski definition) is 2. The molecule has 0 bridgehead atoms. The van der Waals surface area contributed by atoms with Gasteiger partial charge in [-0.05, 0) is 43.0 Å². The van der Waals surface area contributed by atoms with Crippen LogP contribution in [-0.2, 0) is 16.0 Å². The van der Waals surface area contributed by atoms with Gasteiger partial charge in [0, 0.05) is 42.7 Å². The summed E-state index contributed by atoms with van der Waals surface area (Å²) in [7, 11) is 0. The van der Waals surface area contributed by atoms with Crippen LogP contribution in [0.15, 0.2) is 24.4 Å². The second kappa shape index (κ2) is 7.71. The van der Waals surface area contributed by atoms with Gasteiger partial charge in [0.15, 0.2) is 0 Å². The van der Waals surface area contributed by atoms with E-state index in [1.165, 1.54) is 31.4 Å². The van der Waals surface area contributed by atoms with Crippen molar-refractivity contribution in [3.8, 4) is 0 Å². The standard InChI is InChI=1S/C21H26FN3O2/c22-16-6-7-19-18(11-16)14(12-23-19)8-9-25-13-15(10-20(25)26)21(27)24-17-4-2-1-3-5-17/h6-7,11-12,15,17,23H,1-5,8-10,13H2,(H,24,27)/t15-/m0/s1. The normalized spacial score (nSPS) is 21.1. The van der Waals surface area contributed by atoms with Crippen LogP contribution in [0, 0.1) is 11.7 Å². The third-order valence-corrected chi connectivity index (χ3v) is 5.92. The highest BCUT2D eigenvalue weighted by Gasteiger charge is 2.34. The Hall–Kier alpha value is -2.37. The molecule has 5 nitrogen and oxygen atoms in total. The topological polar surface area (TPSA) is 65.2 Å². The highest BCUT2D eigenvalue weighted by molar-refractivity contribution is 5.89. The zero-order valence-electron chi connectivity index (χ0n) is 15.5. The van der Waals surface area contributed by atoms with Crippen LogP contribution in [-0.4, -0.2) is 40.8 Å². The average Bonchev–Trinajstić information content (AvgIpc) is 3.24. The van der Waals surface area contributed by atoms with Crippen LogP contribution in [0.25, 0.3) is 10.9 Å². The predicted octanol–water partition coefficient (Wildman–Crippen LogP) is 3.15. The molecule has 1 saturated heterocycles. The number of fused-ring (bicyclic) bond motifs is 1. The van der Waals surface area contributed by atoms with E-state index in [1.807, 2.05) is 6.20 Å². The fourth-order valence-corrected chi connectivity index (χ4v) is 4.34. The van der Waals surface area contributed by atoms with Gasteiger partial charge in [-0.15, -0.1) is 0 Å². The molecule has 27 heavy (non-hydrogen) atoms. The van der Waals surface area contributed by atoms with Crippen molar-refractivity contribution in [1.29, 1.82) is 0 Å². The van der Waals surface area contributed by atoms with E-state index in [4.69, 9.17) is 0 Å². The van der Waals surface area contributed by atoms with Gasteiger partial charge in [0.25, 0.3) is 0 Å². The molecular weight excluding hydrogens is 345 g/mol. The van der Waals surface area contributed by atoms with Gasteiger partial charge in [-0.3, -0.25) is 9.59 Å². The van der Waals surface area contributed by atoms with Crippen molar-refractivity contribution >= 4 is 22.7 Å². The molecule has 1 saturated carbocycles. The molecule has 1 aliphatic carbocycles. The van der Waals surface area contributed by atoms with E-state index in [0.29, 0.717) is 25.9 Å². The summed E-state index contributed by atoms with van der Waals surface area (Å²) >= 11 is 0. The molecule has 2 aromatic rings. The number of aromatic nitrogens is 1. The molecule has 0 unspecified atom stereocenters. The number of likely N-dealkylation sites (tertiary alicyclic amines) is 1. The number of nitrogens with one attached hydrogen (secondary N) is 2. The summed E-state index contributed by atoms with van der Waals surface area (Å²) < 4.78 is 13.5. The molecule has 1 atom stereocenters. The van der Waals surface area contributed by atoms with Crippen LogP contribution in [0.5, 0.6) is 0 Å². The molecular formula is C21H26FN3O2. The molecule has 6 heteroatoms. The van der Waals surface area contributed by atoms with Gasteiger partial charge in [-0.25, -0.2) is 4.39 Å². The van der Waals surface area contributed by atoms with Crippen LogP contribution in [0.3, 0.4) is 0 Å². The summed E-state index contributed by atoms with van der Waals surface area (Å²) in [6.07, 6.45) is 8.50. The molecule has 1 aromatic heterocycles. The smallest absolute Gasteiger partial charge is 0.225 e. The number of halogens is 1. The number of nitrogens with zero attached hydrogens (tertiary/aromatic N) is 1. The zero-order valence-corrected chi connectivity index (χ0v) is 15.5. The Bertz CT molecular complexity index is 841. The van der Waals surface area contributed by atoms with E-state index in [9.17, 15) is 14.0 Å². The summed E-state index contributed by atoms with van der Waals surface area (Å²) in [6.45, 7) is 1.03. The molecule has 2 aliphatic rings. The lowest BCUT2D eigenvalue weighted by Crippen LogP contribution is -2.40. The van der Waals surface area contributed by atoms with Crippen molar-refractivity contribution in [2.24, 2.45) is 5.92 Å². The summed E-state index contributed by atoms with van der Waals surface area (Å²) in [5.74, 6) is -0.461. The number of rotatable bonds is 5. The van der Waals surface area contributed by atoms with Crippen LogP contribution in [0.2, 0.25) is 0 Å². The quantitative estimate of drug-likeness (QED) is 0.848. The maximum absolute atomic E-state index is 13.5. The molecule has 2 heterocycles. The second-order valence-corrected chi connectivity index (χ2v) is 7.84. The van der Waals surface area contributed by atoms with Crippen molar-refractivity contribution in [2.75, 3.05) is 13.1 Å². The van der Waals surface area contributed by atoms with Gasteiger partial charge in [0.1, 0.15) is 5.82 Å². The van der Waals surface area contributed by atoms with E-state index >= 15 is 0 Å². The van der Waals surface area contributed by atoms with Crippen LogP contribution < -0.4 is 5.32 Å². The molecule has 2 N–H and O–H groups in total. The first-order chi connectivity index (χ1) is 13.1. The predicted molar refractivity (Wildman–Crippen MR) is 102 cm³/mol. The molecule has 4 rings (SSSR count). The lowest BCUT2D eigenvalue weighted by atomic mass is 9.95. The number of carbonyl (C=O) groups excluding carboxylic acids is 2. The first kappa shape index (κ1) is 18.0. The molecule has 144 valence electrons. The number of hydrogen-bond donors (Lipinski definition) is 2. The van der Waals surface area contributed by atoms with Crippen molar-refractivity contribution in [3.63, 3.8) is 0 Å². The summed E-state index contributed by atoms with van der Waals surface area (Å²) in [6, 6.07) is 4.95. The van der Waals surface area contributed by atoms with Gasteiger partial charge in [-0.1, -0.05) is 19.3 Å². The number of H-pyrrole nitrogens is 1. The minimum absolute atomic E-state index is 0.0203. The SMILES string of the molecule is O=C(NC1CCCCC1)[C@H]1CC(=O)N(CCc2c[nH]c3ccc(F)cc23)C1. The van der Waals surface area contributed by atoms with Gasteiger partial charge >= 0.3 is 0 Å². The van der Waals surface area contributed by atoms with Gasteiger partial charge in [0.05, 0.1) is 5.92 Å². The highest BCUT2D eigenvalue weighted by Crippen LogP contribution is 2.23. The Morgan fingerprint density at radius 2 is 2.07 bits per heavy atom. The Morgan fingerprint density at radius 3 is 2.89 bits per heavy atom. The third kappa shape index (κ3) is 3.99. The maximum Gasteiger partial charge on any atom is 0.225 e. The average molecular weight is 371 g/mol. The molecule has 1 aromatic carbocycles. The largest absolute Gasteiger partial charge is 0.361 e. The first-order valence-corrected chi connectivity index (χ1v) is 9.94. The van der Waals surface area contributed by atoms with Gasteiger partial charge in [0.2, 0.25) is 11.8 Å². The fourth-order valence-electron chi connectivity index (χ4n) is 4.34. The number of aromatic amines is 1. The number of carbonyl (C=O) groups is 2. The van der Waals surface area contributed by atoms with E-state index in [-0.39, 0.29) is 29.6 Å². The Kier molecular flexibility index (Phi) is 5.14. The molecule has 0 radical (unpaired) electrons. The monoisotopic (exact) mass is 371 g/mol. The molecule has 1 aliphatic heterocycles. The lowest BCUT2D eigenvalue weighted by molar-refractivity contribution is -0.129. The summed E-state index contributed by atoms with van der Waals surface area (Å²) in [5.41, 5.74) is 1.89. The van der Waals surface area contributed by atoms with E-state index in [2.05, 4.69) is 10.3 Å². The fraction of sp³-hybridized carbons (Fsp3) is 0.524. The molecule has 2 fully saturated rings. The minimum atomic E-state index is -0.264. The van der Waals surface area contributed by atoms with Crippen LogP contribution >= 0.6 is 0 Å². The van der Waals surface area contributed by atoms with E-state index in [0.717, 1.165) is 29.3 Å². The van der Waals surface area contributed by atoms with Crippen LogP contribution in [0.1, 0.15) is 44.1 Å². The Labute approximate surface area is 158 Å². The van der Waals surface area contributed by atoms with Gasteiger partial charge in [-0.2, -0.15) is 0 Å². The van der Waals surface area contributed by atoms with Crippen molar-refractivity contribution in [1.82, 2.24) is 15.2 Å². The van der Waals surface area contributed by atoms with Crippen molar-refractivity contribution in [2.45, 2.75) is 51.0 Å². The summed E-state index contributed by atoms with van der Waals surface area (Å²) in [4.78, 5) is 29.8. The van der Waals surface area contributed by atoms with Crippen molar-refractivity contribution in [3.05, 3.63) is 35.8 Å². The lowest BCUT2D eigenvalue weighted by Gasteiger charge is -2.24.